The van der Waals surface area contributed by atoms with E-state index in [1.54, 1.807) is 11.1 Å². The Labute approximate surface area is 167 Å². The van der Waals surface area contributed by atoms with Crippen molar-refractivity contribution in [2.45, 2.75) is 12.7 Å². The van der Waals surface area contributed by atoms with Gasteiger partial charge in [-0.05, 0) is 18.2 Å². The smallest absolute Gasteiger partial charge is 0.344 e. The summed E-state index contributed by atoms with van der Waals surface area (Å²) in [5.41, 5.74) is -0.791. The molecule has 1 saturated heterocycles. The second kappa shape index (κ2) is 7.47. The third kappa shape index (κ3) is 4.09. The number of hydrogen-bond donors (Lipinski definition) is 0. The number of rotatable bonds is 3. The van der Waals surface area contributed by atoms with Crippen molar-refractivity contribution in [1.29, 1.82) is 0 Å². The fourth-order valence-electron chi connectivity index (χ4n) is 3.11. The van der Waals surface area contributed by atoms with Gasteiger partial charge in [0.05, 0.1) is 5.56 Å². The molecule has 1 fully saturated rings. The van der Waals surface area contributed by atoms with Crippen molar-refractivity contribution < 1.29 is 18.0 Å². The van der Waals surface area contributed by atoms with Gasteiger partial charge in [-0.15, -0.1) is 0 Å². The second-order valence-corrected chi connectivity index (χ2v) is 7.53. The summed E-state index contributed by atoms with van der Waals surface area (Å²) in [5.74, 6) is -0.392. The van der Waals surface area contributed by atoms with Crippen LogP contribution in [0, 0.1) is 0 Å². The van der Waals surface area contributed by atoms with Crippen LogP contribution in [0.4, 0.5) is 18.3 Å². The predicted octanol–water partition coefficient (Wildman–Crippen LogP) is 2.22. The number of carbonyl (C=O) groups excluding carboxylic acids is 1. The van der Waals surface area contributed by atoms with Crippen LogP contribution in [0.25, 0.3) is 10.3 Å². The molecule has 3 aromatic rings. The van der Waals surface area contributed by atoms with E-state index >= 15 is 0 Å². The normalized spacial score (nSPS) is 15.1. The van der Waals surface area contributed by atoms with Gasteiger partial charge < -0.3 is 14.4 Å². The first-order valence-corrected chi connectivity index (χ1v) is 9.65. The predicted molar refractivity (Wildman–Crippen MR) is 102 cm³/mol. The summed E-state index contributed by atoms with van der Waals surface area (Å²) in [6, 6.07) is 5.25. The van der Waals surface area contributed by atoms with Gasteiger partial charge in [0.25, 0.3) is 5.56 Å². The highest BCUT2D eigenvalue weighted by molar-refractivity contribution is 7.21. The lowest BCUT2D eigenvalue weighted by molar-refractivity contribution is -0.138. The van der Waals surface area contributed by atoms with E-state index in [0.717, 1.165) is 32.2 Å². The van der Waals surface area contributed by atoms with E-state index in [2.05, 4.69) is 9.97 Å². The zero-order chi connectivity index (χ0) is 20.6. The maximum atomic E-state index is 12.8. The zero-order valence-corrected chi connectivity index (χ0v) is 15.9. The third-order valence-electron chi connectivity index (χ3n) is 4.67. The summed E-state index contributed by atoms with van der Waals surface area (Å²) in [6.45, 7) is 1.46. The zero-order valence-electron chi connectivity index (χ0n) is 15.1. The van der Waals surface area contributed by atoms with Crippen molar-refractivity contribution in [2.24, 2.45) is 0 Å². The summed E-state index contributed by atoms with van der Waals surface area (Å²) in [7, 11) is 0. The van der Waals surface area contributed by atoms with Gasteiger partial charge in [0.2, 0.25) is 5.91 Å². The van der Waals surface area contributed by atoms with Gasteiger partial charge in [0.15, 0.2) is 5.13 Å². The van der Waals surface area contributed by atoms with Gasteiger partial charge in [0, 0.05) is 44.6 Å². The van der Waals surface area contributed by atoms with Gasteiger partial charge in [-0.3, -0.25) is 9.59 Å². The number of aromatic nitrogens is 3. The van der Waals surface area contributed by atoms with Crippen molar-refractivity contribution in [1.82, 2.24) is 19.4 Å². The Bertz CT molecular complexity index is 1070. The maximum absolute atomic E-state index is 12.8. The van der Waals surface area contributed by atoms with E-state index in [4.69, 9.17) is 0 Å². The Hall–Kier alpha value is -2.95. The molecule has 29 heavy (non-hydrogen) atoms. The van der Waals surface area contributed by atoms with Gasteiger partial charge in [-0.2, -0.15) is 13.2 Å². The summed E-state index contributed by atoms with van der Waals surface area (Å²) in [4.78, 5) is 37.6. The van der Waals surface area contributed by atoms with Crippen molar-refractivity contribution in [3.63, 3.8) is 0 Å². The molecule has 0 saturated carbocycles. The Morgan fingerprint density at radius 3 is 2.59 bits per heavy atom. The van der Waals surface area contributed by atoms with Crippen molar-refractivity contribution in [2.75, 3.05) is 31.1 Å². The average Bonchev–Trinajstić information content (AvgIpc) is 3.13. The first-order chi connectivity index (χ1) is 13.8. The molecule has 11 heteroatoms. The van der Waals surface area contributed by atoms with Crippen LogP contribution in [0.1, 0.15) is 5.56 Å². The van der Waals surface area contributed by atoms with Crippen LogP contribution < -0.4 is 10.5 Å². The molecule has 152 valence electrons. The minimum absolute atomic E-state index is 0.392. The van der Waals surface area contributed by atoms with Crippen LogP contribution in [-0.2, 0) is 17.5 Å². The molecule has 1 aliphatic rings. The van der Waals surface area contributed by atoms with E-state index in [9.17, 15) is 22.8 Å². The summed E-state index contributed by atoms with van der Waals surface area (Å²) in [5, 5.41) is 0.819. The number of hydrogen-bond acceptors (Lipinski definition) is 6. The Morgan fingerprint density at radius 1 is 1.14 bits per heavy atom. The molecule has 0 unspecified atom stereocenters. The fraction of sp³-hybridized carbons (Fsp3) is 0.333. The Balaban J connectivity index is 1.41. The van der Waals surface area contributed by atoms with Gasteiger partial charge in [0.1, 0.15) is 16.9 Å². The lowest BCUT2D eigenvalue weighted by Crippen LogP contribution is -2.50. The van der Waals surface area contributed by atoms with Gasteiger partial charge >= 0.3 is 6.18 Å². The summed E-state index contributed by atoms with van der Waals surface area (Å²) < 4.78 is 39.3. The van der Waals surface area contributed by atoms with E-state index in [-0.39, 0.29) is 0 Å². The molecule has 1 aliphatic heterocycles. The minimum atomic E-state index is -4.57. The second-order valence-electron chi connectivity index (χ2n) is 6.57. The minimum Gasteiger partial charge on any atom is -0.344 e. The van der Waals surface area contributed by atoms with E-state index in [0.29, 0.717) is 32.4 Å². The standard InChI is InChI=1S/C18H16F3N5O2S/c19-18(20,21)12-3-4-14(27)26(10-12)11-15(28)24-6-8-25(9-7-24)17-23-13-2-1-5-22-16(13)29-17/h1-5,10H,6-9,11H2. The molecule has 0 aliphatic carbocycles. The topological polar surface area (TPSA) is 71.3 Å². The molecular weight excluding hydrogens is 407 g/mol. The number of halogens is 3. The van der Waals surface area contributed by atoms with Crippen molar-refractivity contribution >= 4 is 32.7 Å². The SMILES string of the molecule is O=C(Cn1cc(C(F)(F)F)ccc1=O)N1CCN(c2nc3cccnc3s2)CC1. The number of pyridine rings is 2. The monoisotopic (exact) mass is 423 g/mol. The highest BCUT2D eigenvalue weighted by atomic mass is 32.1. The van der Waals surface area contributed by atoms with Crippen LogP contribution in [0.3, 0.4) is 0 Å². The van der Waals surface area contributed by atoms with Gasteiger partial charge in [-0.25, -0.2) is 9.97 Å². The van der Waals surface area contributed by atoms with Crippen LogP contribution in [0.2, 0.25) is 0 Å². The number of thiazole rings is 1. The van der Waals surface area contributed by atoms with Crippen molar-refractivity contribution in [3.8, 4) is 0 Å². The molecule has 0 N–H and O–H groups in total. The molecule has 0 atom stereocenters. The molecule has 4 rings (SSSR count). The number of piperazine rings is 1. The van der Waals surface area contributed by atoms with Gasteiger partial charge in [-0.1, -0.05) is 11.3 Å². The molecule has 0 aromatic carbocycles. The first kappa shape index (κ1) is 19.4. The van der Waals surface area contributed by atoms with Crippen molar-refractivity contribution in [3.05, 3.63) is 52.6 Å². The Morgan fingerprint density at radius 2 is 1.90 bits per heavy atom. The number of carbonyl (C=O) groups is 1. The number of alkyl halides is 3. The van der Waals surface area contributed by atoms with E-state index in [1.165, 1.54) is 11.3 Å². The largest absolute Gasteiger partial charge is 0.417 e. The molecule has 0 radical (unpaired) electrons. The molecule has 4 heterocycles. The lowest BCUT2D eigenvalue weighted by Gasteiger charge is -2.34. The number of fused-ring (bicyclic) bond motifs is 1. The molecule has 7 nitrogen and oxygen atoms in total. The van der Waals surface area contributed by atoms with Crippen LogP contribution >= 0.6 is 11.3 Å². The number of anilines is 1. The Kier molecular flexibility index (Phi) is 4.99. The fourth-order valence-corrected chi connectivity index (χ4v) is 4.07. The highest BCUT2D eigenvalue weighted by Crippen LogP contribution is 2.29. The van der Waals surface area contributed by atoms with Crippen LogP contribution in [-0.4, -0.2) is 51.5 Å². The molecule has 3 aromatic heterocycles. The lowest BCUT2D eigenvalue weighted by atomic mass is 10.2. The quantitative estimate of drug-likeness (QED) is 0.646. The summed E-state index contributed by atoms with van der Waals surface area (Å²) in [6.07, 6.45) is -2.18. The first-order valence-electron chi connectivity index (χ1n) is 8.83. The molecule has 0 bridgehead atoms. The van der Waals surface area contributed by atoms with Crippen LogP contribution in [0.15, 0.2) is 41.5 Å². The number of amides is 1. The molecule has 1 amide bonds. The molecule has 0 spiro atoms. The third-order valence-corrected chi connectivity index (χ3v) is 5.71. The number of nitrogens with zero attached hydrogens (tertiary/aromatic N) is 5. The van der Waals surface area contributed by atoms with E-state index < -0.39 is 29.8 Å². The maximum Gasteiger partial charge on any atom is 0.417 e. The average molecular weight is 423 g/mol. The summed E-state index contributed by atoms with van der Waals surface area (Å²) >= 11 is 1.47. The van der Waals surface area contributed by atoms with E-state index in [1.807, 2.05) is 17.0 Å². The molecular formula is C18H16F3N5O2S. The van der Waals surface area contributed by atoms with Crippen LogP contribution in [0.5, 0.6) is 0 Å². The highest BCUT2D eigenvalue weighted by Gasteiger charge is 2.31.